The SMILES string of the molecule is Cn1cc(-n2ncc3cc(N4C(=O)C[C@H](NC(=O)C(C)(F)F)[C@H]4c4ccccc4)ccc32)ccc1=O. The number of amides is 2. The molecule has 1 aliphatic heterocycles. The Morgan fingerprint density at radius 2 is 1.78 bits per heavy atom. The lowest BCUT2D eigenvalue weighted by atomic mass is 9.99. The lowest BCUT2D eigenvalue weighted by Crippen LogP contribution is -2.46. The fraction of sp³-hybridized carbons (Fsp3) is 0.231. The van der Waals surface area contributed by atoms with Crippen molar-refractivity contribution < 1.29 is 18.4 Å². The molecule has 0 unspecified atom stereocenters. The first-order chi connectivity index (χ1) is 17.1. The predicted molar refractivity (Wildman–Crippen MR) is 130 cm³/mol. The number of halogens is 2. The molecule has 0 bridgehead atoms. The molecule has 1 saturated heterocycles. The normalized spacial score (nSPS) is 18.1. The van der Waals surface area contributed by atoms with Crippen molar-refractivity contribution in [3.63, 3.8) is 0 Å². The van der Waals surface area contributed by atoms with Gasteiger partial charge in [-0.05, 0) is 29.8 Å². The Balaban J connectivity index is 1.54. The molecular weight excluding hydrogens is 468 g/mol. The molecule has 184 valence electrons. The van der Waals surface area contributed by atoms with E-state index < -0.39 is 23.9 Å². The van der Waals surface area contributed by atoms with E-state index in [0.717, 1.165) is 10.9 Å². The molecule has 2 atom stereocenters. The van der Waals surface area contributed by atoms with Gasteiger partial charge in [0, 0.05) is 43.7 Å². The minimum absolute atomic E-state index is 0.114. The second-order valence-electron chi connectivity index (χ2n) is 8.93. The molecule has 8 nitrogen and oxygen atoms in total. The van der Waals surface area contributed by atoms with Gasteiger partial charge in [0.15, 0.2) is 0 Å². The topological polar surface area (TPSA) is 89.2 Å². The number of benzene rings is 2. The molecule has 0 spiro atoms. The van der Waals surface area contributed by atoms with Crippen LogP contribution in [-0.4, -0.2) is 38.1 Å². The molecule has 1 aliphatic rings. The van der Waals surface area contributed by atoms with E-state index >= 15 is 0 Å². The molecule has 0 aliphatic carbocycles. The predicted octanol–water partition coefficient (Wildman–Crippen LogP) is 3.34. The molecule has 1 fully saturated rings. The van der Waals surface area contributed by atoms with Crippen molar-refractivity contribution in [3.05, 3.63) is 89.0 Å². The van der Waals surface area contributed by atoms with Crippen LogP contribution in [-0.2, 0) is 16.6 Å². The lowest BCUT2D eigenvalue weighted by molar-refractivity contribution is -0.143. The quantitative estimate of drug-likeness (QED) is 0.464. The van der Waals surface area contributed by atoms with Gasteiger partial charge in [0.1, 0.15) is 0 Å². The van der Waals surface area contributed by atoms with Gasteiger partial charge in [0.05, 0.1) is 29.5 Å². The summed E-state index contributed by atoms with van der Waals surface area (Å²) in [6.45, 7) is 0.532. The van der Waals surface area contributed by atoms with E-state index in [9.17, 15) is 23.2 Å². The highest BCUT2D eigenvalue weighted by Gasteiger charge is 2.45. The van der Waals surface area contributed by atoms with Crippen molar-refractivity contribution >= 4 is 28.4 Å². The Kier molecular flexibility index (Phi) is 5.66. The number of hydrogen-bond donors (Lipinski definition) is 1. The van der Waals surface area contributed by atoms with Crippen LogP contribution in [0.25, 0.3) is 16.6 Å². The number of nitrogens with zero attached hydrogens (tertiary/aromatic N) is 4. The molecule has 5 rings (SSSR count). The Hall–Kier alpha value is -4.34. The van der Waals surface area contributed by atoms with Crippen LogP contribution in [0.5, 0.6) is 0 Å². The van der Waals surface area contributed by atoms with E-state index in [1.807, 2.05) is 12.1 Å². The number of aromatic nitrogens is 3. The molecule has 4 aromatic rings. The Morgan fingerprint density at radius 1 is 1.06 bits per heavy atom. The number of nitrogens with one attached hydrogen (secondary N) is 1. The number of hydrogen-bond acceptors (Lipinski definition) is 4. The molecule has 0 radical (unpaired) electrons. The van der Waals surface area contributed by atoms with E-state index in [-0.39, 0.29) is 17.9 Å². The summed E-state index contributed by atoms with van der Waals surface area (Å²) in [4.78, 5) is 38.5. The number of fused-ring (bicyclic) bond motifs is 1. The van der Waals surface area contributed by atoms with Gasteiger partial charge in [0.25, 0.3) is 5.91 Å². The Bertz CT molecular complexity index is 1520. The first-order valence-electron chi connectivity index (χ1n) is 11.3. The number of rotatable bonds is 5. The average Bonchev–Trinajstić information content (AvgIpc) is 3.41. The van der Waals surface area contributed by atoms with Gasteiger partial charge in [-0.15, -0.1) is 0 Å². The first kappa shape index (κ1) is 23.4. The molecule has 2 aromatic heterocycles. The van der Waals surface area contributed by atoms with Crippen LogP contribution in [0.15, 0.2) is 77.9 Å². The van der Waals surface area contributed by atoms with Crippen LogP contribution >= 0.6 is 0 Å². The number of carbonyl (C=O) groups is 2. The molecule has 3 heterocycles. The molecule has 10 heteroatoms. The van der Waals surface area contributed by atoms with Crippen molar-refractivity contribution in [1.29, 1.82) is 0 Å². The van der Waals surface area contributed by atoms with Gasteiger partial charge in [-0.25, -0.2) is 4.68 Å². The third-order valence-electron chi connectivity index (χ3n) is 6.32. The first-order valence-corrected chi connectivity index (χ1v) is 11.3. The minimum Gasteiger partial charge on any atom is -0.345 e. The summed E-state index contributed by atoms with van der Waals surface area (Å²) in [5.41, 5.74) is 2.59. The van der Waals surface area contributed by atoms with Crippen LogP contribution in [0.3, 0.4) is 0 Å². The summed E-state index contributed by atoms with van der Waals surface area (Å²) < 4.78 is 30.4. The summed E-state index contributed by atoms with van der Waals surface area (Å²) in [5.74, 6) is -5.28. The number of anilines is 1. The summed E-state index contributed by atoms with van der Waals surface area (Å²) in [6.07, 6.45) is 3.21. The number of alkyl halides is 2. The summed E-state index contributed by atoms with van der Waals surface area (Å²) >= 11 is 0. The minimum atomic E-state index is -3.56. The third-order valence-corrected chi connectivity index (χ3v) is 6.32. The van der Waals surface area contributed by atoms with Gasteiger partial charge in [0.2, 0.25) is 11.5 Å². The standard InChI is InChI=1S/C26H23F2N5O3/c1-26(27,28)25(36)30-20-13-23(35)32(24(20)16-6-4-3-5-7-16)18-8-10-21-17(12-18)14-29-33(21)19-9-11-22(34)31(2)15-19/h3-12,14-15,20,24H,13H2,1-2H3,(H,30,36)/t20-,24+/m0/s1. The van der Waals surface area contributed by atoms with Crippen molar-refractivity contribution in [3.8, 4) is 5.69 Å². The van der Waals surface area contributed by atoms with Gasteiger partial charge in [-0.2, -0.15) is 13.9 Å². The Morgan fingerprint density at radius 3 is 2.47 bits per heavy atom. The number of aryl methyl sites for hydroxylation is 1. The van der Waals surface area contributed by atoms with Crippen LogP contribution in [0.1, 0.15) is 24.9 Å². The second-order valence-corrected chi connectivity index (χ2v) is 8.93. The lowest BCUT2D eigenvalue weighted by Gasteiger charge is -2.29. The highest BCUT2D eigenvalue weighted by molar-refractivity contribution is 6.00. The van der Waals surface area contributed by atoms with Gasteiger partial charge in [-0.3, -0.25) is 14.4 Å². The highest BCUT2D eigenvalue weighted by Crippen LogP contribution is 2.39. The van der Waals surface area contributed by atoms with E-state index in [1.165, 1.54) is 15.5 Å². The zero-order valence-electron chi connectivity index (χ0n) is 19.6. The monoisotopic (exact) mass is 491 g/mol. The third kappa shape index (κ3) is 4.15. The van der Waals surface area contributed by atoms with E-state index in [4.69, 9.17) is 0 Å². The average molecular weight is 491 g/mol. The molecule has 1 N–H and O–H groups in total. The van der Waals surface area contributed by atoms with E-state index in [0.29, 0.717) is 23.9 Å². The molecule has 2 amide bonds. The van der Waals surface area contributed by atoms with Gasteiger partial charge >= 0.3 is 5.92 Å². The zero-order chi connectivity index (χ0) is 25.6. The molecule has 2 aromatic carbocycles. The highest BCUT2D eigenvalue weighted by atomic mass is 19.3. The maximum absolute atomic E-state index is 13.6. The van der Waals surface area contributed by atoms with Crippen LogP contribution < -0.4 is 15.8 Å². The maximum Gasteiger partial charge on any atom is 0.321 e. The van der Waals surface area contributed by atoms with Crippen molar-refractivity contribution in [2.24, 2.45) is 7.05 Å². The second kappa shape index (κ2) is 8.71. The van der Waals surface area contributed by atoms with Crippen LogP contribution in [0, 0.1) is 0 Å². The molecule has 0 saturated carbocycles. The summed E-state index contributed by atoms with van der Waals surface area (Å²) in [6, 6.07) is 16.0. The van der Waals surface area contributed by atoms with Gasteiger partial charge in [-0.1, -0.05) is 30.3 Å². The van der Waals surface area contributed by atoms with Crippen molar-refractivity contribution in [2.75, 3.05) is 4.90 Å². The van der Waals surface area contributed by atoms with Crippen molar-refractivity contribution in [1.82, 2.24) is 19.7 Å². The molecular formula is C26H23F2N5O3. The fourth-order valence-electron chi connectivity index (χ4n) is 4.57. The number of pyridine rings is 1. The maximum atomic E-state index is 13.6. The van der Waals surface area contributed by atoms with Crippen LogP contribution in [0.4, 0.5) is 14.5 Å². The summed E-state index contributed by atoms with van der Waals surface area (Å²) in [5, 5.41) is 7.56. The smallest absolute Gasteiger partial charge is 0.321 e. The number of carbonyl (C=O) groups excluding carboxylic acids is 2. The van der Waals surface area contributed by atoms with E-state index in [1.54, 1.807) is 66.6 Å². The Labute approximate surface area is 204 Å². The largest absolute Gasteiger partial charge is 0.345 e. The van der Waals surface area contributed by atoms with Gasteiger partial charge < -0.3 is 14.8 Å². The molecule has 36 heavy (non-hydrogen) atoms. The van der Waals surface area contributed by atoms with Crippen molar-refractivity contribution in [2.45, 2.75) is 31.4 Å². The van der Waals surface area contributed by atoms with Crippen LogP contribution in [0.2, 0.25) is 0 Å². The summed E-state index contributed by atoms with van der Waals surface area (Å²) in [7, 11) is 1.65. The fourth-order valence-corrected chi connectivity index (χ4v) is 4.57. The van der Waals surface area contributed by atoms with E-state index in [2.05, 4.69) is 10.4 Å². The zero-order valence-corrected chi connectivity index (χ0v) is 19.6.